The van der Waals surface area contributed by atoms with Crippen molar-refractivity contribution in [1.29, 1.82) is 0 Å². The Bertz CT molecular complexity index is 1370. The SMILES string of the molecule is C/C=C(\C1=C(CC)C(Oc2ccc(-c3cc(=O)[nH]s3)cc2)CO1)c1c(C)cc(OCCC(C)(C)O)cc1C. The highest BCUT2D eigenvalue weighted by molar-refractivity contribution is 7.09. The average Bonchev–Trinajstić information content (AvgIpc) is 3.47. The van der Waals surface area contributed by atoms with E-state index >= 15 is 0 Å². The third-order valence-electron chi connectivity index (χ3n) is 6.67. The first kappa shape index (κ1) is 27.7. The molecule has 2 heterocycles. The van der Waals surface area contributed by atoms with Crippen molar-refractivity contribution in [3.63, 3.8) is 0 Å². The maximum atomic E-state index is 11.5. The summed E-state index contributed by atoms with van der Waals surface area (Å²) >= 11 is 1.33. The number of benzene rings is 2. The molecule has 1 atom stereocenters. The molecular weight excluding hydrogens is 498 g/mol. The molecule has 0 fully saturated rings. The molecule has 38 heavy (non-hydrogen) atoms. The fraction of sp³-hybridized carbons (Fsp3) is 0.387. The van der Waals surface area contributed by atoms with E-state index in [1.54, 1.807) is 19.9 Å². The molecule has 0 spiro atoms. The van der Waals surface area contributed by atoms with Gasteiger partial charge in [0.25, 0.3) is 5.56 Å². The van der Waals surface area contributed by atoms with Gasteiger partial charge in [0.15, 0.2) is 6.10 Å². The first-order valence-electron chi connectivity index (χ1n) is 13.0. The number of nitrogens with one attached hydrogen (secondary N) is 1. The molecule has 1 aliphatic heterocycles. The first-order chi connectivity index (χ1) is 18.1. The lowest BCUT2D eigenvalue weighted by Gasteiger charge is -2.20. The second-order valence-corrected chi connectivity index (χ2v) is 11.1. The Kier molecular flexibility index (Phi) is 8.48. The molecule has 4 rings (SSSR count). The van der Waals surface area contributed by atoms with Crippen LogP contribution in [0.3, 0.4) is 0 Å². The van der Waals surface area contributed by atoms with Crippen LogP contribution in [0.4, 0.5) is 0 Å². The zero-order valence-electron chi connectivity index (χ0n) is 23.0. The van der Waals surface area contributed by atoms with Crippen molar-refractivity contribution < 1.29 is 19.3 Å². The van der Waals surface area contributed by atoms with Gasteiger partial charge in [0.1, 0.15) is 23.9 Å². The first-order valence-corrected chi connectivity index (χ1v) is 13.9. The Balaban J connectivity index is 1.54. The molecule has 1 unspecified atom stereocenters. The molecule has 2 aromatic carbocycles. The predicted octanol–water partition coefficient (Wildman–Crippen LogP) is 6.81. The van der Waals surface area contributed by atoms with Crippen LogP contribution in [0.5, 0.6) is 11.5 Å². The average molecular weight is 536 g/mol. The van der Waals surface area contributed by atoms with Crippen LogP contribution in [-0.4, -0.2) is 34.4 Å². The molecule has 0 radical (unpaired) electrons. The summed E-state index contributed by atoms with van der Waals surface area (Å²) in [6.45, 7) is 12.8. The molecule has 7 heteroatoms. The number of aromatic nitrogens is 1. The third-order valence-corrected chi connectivity index (χ3v) is 7.55. The van der Waals surface area contributed by atoms with Gasteiger partial charge >= 0.3 is 0 Å². The molecule has 6 nitrogen and oxygen atoms in total. The highest BCUT2D eigenvalue weighted by atomic mass is 32.1. The van der Waals surface area contributed by atoms with Crippen molar-refractivity contribution in [3.8, 4) is 21.9 Å². The standard InChI is InChI=1S/C31H37NO5S/c1-7-24-26(37-22-11-9-21(10-12-22)27-17-28(33)32-38-27)18-36-30(24)25(8-2)29-19(3)15-23(16-20(29)4)35-14-13-31(5,6)34/h8-12,15-17,26,34H,7,13-14,18H2,1-6H3,(H,32,33)/b25-8-. The Hall–Kier alpha value is -3.29. The number of aliphatic hydroxyl groups is 1. The van der Waals surface area contributed by atoms with Gasteiger partial charge in [0.05, 0.1) is 17.1 Å². The molecule has 0 aliphatic carbocycles. The van der Waals surface area contributed by atoms with Gasteiger partial charge in [-0.15, -0.1) is 0 Å². The molecule has 202 valence electrons. The quantitative estimate of drug-likeness (QED) is 0.298. The van der Waals surface area contributed by atoms with Crippen molar-refractivity contribution >= 4 is 17.1 Å². The maximum absolute atomic E-state index is 11.5. The zero-order valence-corrected chi connectivity index (χ0v) is 23.8. The lowest BCUT2D eigenvalue weighted by molar-refractivity contribution is 0.0553. The van der Waals surface area contributed by atoms with Gasteiger partial charge in [-0.2, -0.15) is 0 Å². The van der Waals surface area contributed by atoms with Gasteiger partial charge in [0.2, 0.25) is 0 Å². The van der Waals surface area contributed by atoms with Gasteiger partial charge in [-0.05, 0) is 99.7 Å². The second-order valence-electron chi connectivity index (χ2n) is 10.3. The second kappa shape index (κ2) is 11.6. The fourth-order valence-electron chi connectivity index (χ4n) is 4.77. The Morgan fingerprint density at radius 3 is 2.39 bits per heavy atom. The maximum Gasteiger partial charge on any atom is 0.258 e. The van der Waals surface area contributed by atoms with Crippen LogP contribution in [0.15, 0.2) is 64.7 Å². The summed E-state index contributed by atoms with van der Waals surface area (Å²) in [6, 6.07) is 13.5. The van der Waals surface area contributed by atoms with Gasteiger partial charge in [-0.3, -0.25) is 9.17 Å². The topological polar surface area (TPSA) is 80.8 Å². The van der Waals surface area contributed by atoms with E-state index in [2.05, 4.69) is 31.2 Å². The van der Waals surface area contributed by atoms with E-state index in [0.29, 0.717) is 19.6 Å². The van der Waals surface area contributed by atoms with Crippen molar-refractivity contribution in [1.82, 2.24) is 4.37 Å². The number of hydrogen-bond donors (Lipinski definition) is 2. The number of allylic oxidation sites excluding steroid dienone is 2. The number of aryl methyl sites for hydroxylation is 2. The highest BCUT2D eigenvalue weighted by Gasteiger charge is 2.31. The van der Waals surface area contributed by atoms with E-state index in [-0.39, 0.29) is 11.7 Å². The van der Waals surface area contributed by atoms with Crippen LogP contribution in [0.25, 0.3) is 16.0 Å². The Morgan fingerprint density at radius 1 is 1.16 bits per heavy atom. The van der Waals surface area contributed by atoms with Crippen molar-refractivity contribution in [2.24, 2.45) is 0 Å². The number of hydrogen-bond acceptors (Lipinski definition) is 6. The van der Waals surface area contributed by atoms with Crippen LogP contribution in [0.1, 0.15) is 57.2 Å². The summed E-state index contributed by atoms with van der Waals surface area (Å²) in [7, 11) is 0. The largest absolute Gasteiger partial charge is 0.493 e. The highest BCUT2D eigenvalue weighted by Crippen LogP contribution is 2.39. The minimum absolute atomic E-state index is 0.0863. The number of aromatic amines is 1. The molecule has 3 aromatic rings. The van der Waals surface area contributed by atoms with E-state index in [1.807, 2.05) is 43.3 Å². The van der Waals surface area contributed by atoms with Gasteiger partial charge in [0, 0.05) is 23.6 Å². The summed E-state index contributed by atoms with van der Waals surface area (Å²) in [5.74, 6) is 2.45. The Labute approximate surface area is 228 Å². The lowest BCUT2D eigenvalue weighted by atomic mass is 9.91. The summed E-state index contributed by atoms with van der Waals surface area (Å²) in [6.07, 6.45) is 3.30. The third kappa shape index (κ3) is 6.40. The van der Waals surface area contributed by atoms with Crippen LogP contribution in [0, 0.1) is 13.8 Å². The normalized spacial score (nSPS) is 16.1. The van der Waals surface area contributed by atoms with Crippen molar-refractivity contribution in [3.05, 3.63) is 86.9 Å². The minimum Gasteiger partial charge on any atom is -0.493 e. The number of rotatable bonds is 10. The molecular formula is C31H37NO5S. The molecule has 0 bridgehead atoms. The molecule has 1 aromatic heterocycles. The number of H-pyrrole nitrogens is 1. The van der Waals surface area contributed by atoms with Gasteiger partial charge in [-0.25, -0.2) is 0 Å². The number of ether oxygens (including phenoxy) is 3. The summed E-state index contributed by atoms with van der Waals surface area (Å²) in [5.41, 5.74) is 5.68. The summed E-state index contributed by atoms with van der Waals surface area (Å²) < 4.78 is 21.3. The van der Waals surface area contributed by atoms with Crippen LogP contribution in [-0.2, 0) is 4.74 Å². The molecule has 0 amide bonds. The zero-order chi connectivity index (χ0) is 27.4. The molecule has 0 saturated carbocycles. The molecule has 0 saturated heterocycles. The monoisotopic (exact) mass is 535 g/mol. The van der Waals surface area contributed by atoms with Crippen molar-refractivity contribution in [2.75, 3.05) is 13.2 Å². The summed E-state index contributed by atoms with van der Waals surface area (Å²) in [5, 5.41) is 9.97. The van der Waals surface area contributed by atoms with E-state index < -0.39 is 5.60 Å². The van der Waals surface area contributed by atoms with Crippen LogP contribution >= 0.6 is 11.5 Å². The molecule has 1 aliphatic rings. The fourth-order valence-corrected chi connectivity index (χ4v) is 5.46. The minimum atomic E-state index is -0.754. The molecule has 2 N–H and O–H groups in total. The van der Waals surface area contributed by atoms with E-state index in [0.717, 1.165) is 62.0 Å². The van der Waals surface area contributed by atoms with Crippen LogP contribution in [0.2, 0.25) is 0 Å². The van der Waals surface area contributed by atoms with Crippen LogP contribution < -0.4 is 15.0 Å². The van der Waals surface area contributed by atoms with E-state index in [4.69, 9.17) is 14.2 Å². The smallest absolute Gasteiger partial charge is 0.258 e. The van der Waals surface area contributed by atoms with Crippen molar-refractivity contribution in [2.45, 2.75) is 66.1 Å². The predicted molar refractivity (Wildman–Crippen MR) is 154 cm³/mol. The van der Waals surface area contributed by atoms with Gasteiger partial charge in [-0.1, -0.05) is 24.5 Å². The van der Waals surface area contributed by atoms with E-state index in [1.165, 1.54) is 11.5 Å². The van der Waals surface area contributed by atoms with E-state index in [9.17, 15) is 9.90 Å². The Morgan fingerprint density at radius 2 is 1.84 bits per heavy atom. The summed E-state index contributed by atoms with van der Waals surface area (Å²) in [4.78, 5) is 12.4. The van der Waals surface area contributed by atoms with Gasteiger partial charge < -0.3 is 19.3 Å². The lowest BCUT2D eigenvalue weighted by Crippen LogP contribution is -2.21.